The molecule has 0 spiro atoms. The topological polar surface area (TPSA) is 52.6 Å². The summed E-state index contributed by atoms with van der Waals surface area (Å²) in [5, 5.41) is 0. The molecule has 4 bridgehead atoms. The van der Waals surface area contributed by atoms with E-state index in [1.807, 2.05) is 0 Å². The van der Waals surface area contributed by atoms with Gasteiger partial charge in [0.25, 0.3) is 0 Å². The summed E-state index contributed by atoms with van der Waals surface area (Å²) in [6, 6.07) is 0. The molecule has 0 amide bonds. The van der Waals surface area contributed by atoms with E-state index in [1.165, 1.54) is 38.5 Å². The fourth-order valence-electron chi connectivity index (χ4n) is 6.20. The zero-order chi connectivity index (χ0) is 18.9. The summed E-state index contributed by atoms with van der Waals surface area (Å²) in [5.74, 6) is 1.00. The number of hydrogen-bond donors (Lipinski definition) is 0. The molecular weight excluding hydrogens is 328 g/mol. The smallest absolute Gasteiger partial charge is 0.333 e. The van der Waals surface area contributed by atoms with E-state index in [0.29, 0.717) is 35.2 Å². The lowest BCUT2D eigenvalue weighted by molar-refractivity contribution is -0.149. The van der Waals surface area contributed by atoms with Crippen LogP contribution in [-0.2, 0) is 19.1 Å². The summed E-state index contributed by atoms with van der Waals surface area (Å²) in [6.07, 6.45) is 9.49. The minimum Gasteiger partial charge on any atom is -0.462 e. The average Bonchev–Trinajstić information content (AvgIpc) is 2.52. The van der Waals surface area contributed by atoms with Crippen LogP contribution in [0.25, 0.3) is 0 Å². The molecule has 144 valence electrons. The van der Waals surface area contributed by atoms with Gasteiger partial charge in [-0.25, -0.2) is 9.59 Å². The maximum Gasteiger partial charge on any atom is 0.333 e. The monoisotopic (exact) mass is 360 g/mol. The van der Waals surface area contributed by atoms with Crippen molar-refractivity contribution in [2.75, 3.05) is 13.2 Å². The predicted molar refractivity (Wildman–Crippen MR) is 100 cm³/mol. The second-order valence-electron chi connectivity index (χ2n) is 9.29. The molecule has 0 N–H and O–H groups in total. The second-order valence-corrected chi connectivity index (χ2v) is 9.29. The molecule has 4 aliphatic rings. The summed E-state index contributed by atoms with van der Waals surface area (Å²) in [5.41, 5.74) is 1.54. The lowest BCUT2D eigenvalue weighted by Gasteiger charge is -2.62. The molecule has 4 nitrogen and oxygen atoms in total. The summed E-state index contributed by atoms with van der Waals surface area (Å²) in [7, 11) is 0. The fraction of sp³-hybridized carbons (Fsp3) is 0.727. The lowest BCUT2D eigenvalue weighted by atomic mass is 9.43. The third kappa shape index (κ3) is 4.05. The molecule has 0 aromatic rings. The Kier molecular flexibility index (Phi) is 5.32. The van der Waals surface area contributed by atoms with Crippen LogP contribution in [0.5, 0.6) is 0 Å². The zero-order valence-corrected chi connectivity index (χ0v) is 16.3. The molecule has 4 fully saturated rings. The third-order valence-corrected chi connectivity index (χ3v) is 6.73. The quantitative estimate of drug-likeness (QED) is 0.469. The SMILES string of the molecule is C=C(C)C(=O)OCCC12CC3CC(C1)CC(CCOC(=O)C(=C)C)(C3)C2. The van der Waals surface area contributed by atoms with Gasteiger partial charge in [-0.2, -0.15) is 0 Å². The molecular formula is C22H32O4. The number of rotatable bonds is 8. The van der Waals surface area contributed by atoms with Crippen molar-refractivity contribution >= 4 is 11.9 Å². The molecule has 0 aromatic carbocycles. The molecule has 0 aromatic heterocycles. The van der Waals surface area contributed by atoms with Crippen molar-refractivity contribution in [3.8, 4) is 0 Å². The van der Waals surface area contributed by atoms with E-state index in [2.05, 4.69) is 13.2 Å². The summed E-state index contributed by atoms with van der Waals surface area (Å²) < 4.78 is 10.8. The molecule has 4 heteroatoms. The Morgan fingerprint density at radius 3 is 1.58 bits per heavy atom. The molecule has 0 saturated heterocycles. The van der Waals surface area contributed by atoms with E-state index in [0.717, 1.165) is 24.7 Å². The van der Waals surface area contributed by atoms with Gasteiger partial charge in [0.15, 0.2) is 0 Å². The van der Waals surface area contributed by atoms with Gasteiger partial charge in [0.2, 0.25) is 0 Å². The minimum atomic E-state index is -0.281. The van der Waals surface area contributed by atoms with Gasteiger partial charge in [0, 0.05) is 11.1 Å². The predicted octanol–water partition coefficient (Wildman–Crippen LogP) is 4.59. The Labute approximate surface area is 157 Å². The van der Waals surface area contributed by atoms with Gasteiger partial charge in [-0.3, -0.25) is 0 Å². The van der Waals surface area contributed by atoms with Crippen LogP contribution in [0.4, 0.5) is 0 Å². The highest BCUT2D eigenvalue weighted by Gasteiger charge is 2.57. The molecule has 0 radical (unpaired) electrons. The molecule has 0 aliphatic heterocycles. The van der Waals surface area contributed by atoms with Crippen molar-refractivity contribution in [3.63, 3.8) is 0 Å². The normalized spacial score (nSPS) is 34.4. The van der Waals surface area contributed by atoms with E-state index >= 15 is 0 Å². The molecule has 4 saturated carbocycles. The van der Waals surface area contributed by atoms with Crippen molar-refractivity contribution in [1.29, 1.82) is 0 Å². The Morgan fingerprint density at radius 2 is 1.23 bits per heavy atom. The number of carbonyl (C=O) groups is 2. The summed E-state index contributed by atoms with van der Waals surface area (Å²) >= 11 is 0. The largest absolute Gasteiger partial charge is 0.462 e. The first-order valence-corrected chi connectivity index (χ1v) is 9.88. The number of carbonyl (C=O) groups excluding carboxylic acids is 2. The molecule has 0 heterocycles. The highest BCUT2D eigenvalue weighted by Crippen LogP contribution is 2.67. The zero-order valence-electron chi connectivity index (χ0n) is 16.3. The lowest BCUT2D eigenvalue weighted by Crippen LogP contribution is -2.52. The van der Waals surface area contributed by atoms with Crippen LogP contribution < -0.4 is 0 Å². The number of hydrogen-bond acceptors (Lipinski definition) is 4. The Bertz CT molecular complexity index is 554. The fourth-order valence-corrected chi connectivity index (χ4v) is 6.20. The van der Waals surface area contributed by atoms with Gasteiger partial charge in [-0.15, -0.1) is 0 Å². The van der Waals surface area contributed by atoms with Crippen LogP contribution in [0.2, 0.25) is 0 Å². The summed E-state index contributed by atoms with van der Waals surface area (Å²) in [6.45, 7) is 11.7. The first-order valence-electron chi connectivity index (χ1n) is 9.88. The highest BCUT2D eigenvalue weighted by atomic mass is 16.5. The summed E-state index contributed by atoms with van der Waals surface area (Å²) in [4.78, 5) is 23.3. The van der Waals surface area contributed by atoms with Crippen molar-refractivity contribution < 1.29 is 19.1 Å². The van der Waals surface area contributed by atoms with E-state index in [9.17, 15) is 9.59 Å². The van der Waals surface area contributed by atoms with Crippen LogP contribution in [0.1, 0.15) is 65.2 Å². The van der Waals surface area contributed by atoms with Crippen molar-refractivity contribution in [2.45, 2.75) is 65.2 Å². The van der Waals surface area contributed by atoms with E-state index in [1.54, 1.807) is 13.8 Å². The van der Waals surface area contributed by atoms with E-state index in [-0.39, 0.29) is 11.9 Å². The minimum absolute atomic E-state index is 0.281. The first kappa shape index (κ1) is 19.2. The number of ether oxygens (including phenoxy) is 2. The van der Waals surface area contributed by atoms with Crippen LogP contribution in [0.3, 0.4) is 0 Å². The average molecular weight is 360 g/mol. The van der Waals surface area contributed by atoms with Gasteiger partial charge in [-0.05, 0) is 87.9 Å². The van der Waals surface area contributed by atoms with Crippen LogP contribution >= 0.6 is 0 Å². The van der Waals surface area contributed by atoms with Crippen LogP contribution in [0.15, 0.2) is 24.3 Å². The highest BCUT2D eigenvalue weighted by molar-refractivity contribution is 5.87. The van der Waals surface area contributed by atoms with Crippen molar-refractivity contribution in [2.24, 2.45) is 22.7 Å². The van der Waals surface area contributed by atoms with E-state index < -0.39 is 0 Å². The maximum absolute atomic E-state index is 11.7. The van der Waals surface area contributed by atoms with Gasteiger partial charge >= 0.3 is 11.9 Å². The third-order valence-electron chi connectivity index (χ3n) is 6.73. The van der Waals surface area contributed by atoms with Crippen molar-refractivity contribution in [3.05, 3.63) is 24.3 Å². The van der Waals surface area contributed by atoms with Gasteiger partial charge in [0.05, 0.1) is 13.2 Å². The second kappa shape index (κ2) is 7.21. The van der Waals surface area contributed by atoms with Crippen molar-refractivity contribution in [1.82, 2.24) is 0 Å². The number of esters is 2. The van der Waals surface area contributed by atoms with Crippen LogP contribution in [0, 0.1) is 22.7 Å². The van der Waals surface area contributed by atoms with Gasteiger partial charge in [-0.1, -0.05) is 13.2 Å². The Morgan fingerprint density at radius 1 is 0.846 bits per heavy atom. The molecule has 4 rings (SSSR count). The van der Waals surface area contributed by atoms with Crippen LogP contribution in [-0.4, -0.2) is 25.2 Å². The van der Waals surface area contributed by atoms with E-state index in [4.69, 9.17) is 9.47 Å². The molecule has 4 aliphatic carbocycles. The maximum atomic E-state index is 11.7. The first-order chi connectivity index (χ1) is 12.2. The van der Waals surface area contributed by atoms with Gasteiger partial charge in [0.1, 0.15) is 0 Å². The standard InChI is InChI=1S/C22H32O4/c1-15(2)19(23)25-7-5-21-10-17-9-18(11-21)13-22(12-17,14-21)6-8-26-20(24)16(3)4/h17-18H,1,3,5-14H2,2,4H3. The molecule has 26 heavy (non-hydrogen) atoms. The Hall–Kier alpha value is -1.58. The molecule has 0 unspecified atom stereocenters. The Balaban J connectivity index is 1.59. The molecule has 0 atom stereocenters. The van der Waals surface area contributed by atoms with Gasteiger partial charge < -0.3 is 9.47 Å².